The zero-order valence-corrected chi connectivity index (χ0v) is 14.9. The molecule has 5 rings (SSSR count). The van der Waals surface area contributed by atoms with E-state index in [-0.39, 0.29) is 11.9 Å². The van der Waals surface area contributed by atoms with Gasteiger partial charge in [0.1, 0.15) is 0 Å². The van der Waals surface area contributed by atoms with E-state index in [1.54, 1.807) is 12.3 Å². The van der Waals surface area contributed by atoms with Gasteiger partial charge in [0.05, 0.1) is 17.2 Å². The van der Waals surface area contributed by atoms with E-state index < -0.39 is 0 Å². The van der Waals surface area contributed by atoms with Gasteiger partial charge in [-0.15, -0.1) is 5.10 Å². The third kappa shape index (κ3) is 2.51. The number of furan rings is 1. The fraction of sp³-hybridized carbons (Fsp3) is 0.263. The largest absolute Gasteiger partial charge is 0.492 e. The molecule has 0 aliphatic carbocycles. The summed E-state index contributed by atoms with van der Waals surface area (Å²) in [4.78, 5) is 8.52. The molecule has 1 saturated heterocycles. The molecule has 1 fully saturated rings. The van der Waals surface area contributed by atoms with E-state index in [1.807, 2.05) is 24.3 Å². The molecule has 132 valence electrons. The van der Waals surface area contributed by atoms with E-state index in [1.165, 1.54) is 34.3 Å². The summed E-state index contributed by atoms with van der Waals surface area (Å²) in [6, 6.07) is 14.0. The Morgan fingerprint density at radius 1 is 1.08 bits per heavy atom. The van der Waals surface area contributed by atoms with Crippen molar-refractivity contribution >= 4 is 16.3 Å². The van der Waals surface area contributed by atoms with E-state index in [0.717, 1.165) is 18.0 Å². The average molecular weight is 366 g/mol. The van der Waals surface area contributed by atoms with Crippen LogP contribution in [0.4, 0.5) is 0 Å². The van der Waals surface area contributed by atoms with Crippen molar-refractivity contribution in [1.82, 2.24) is 19.5 Å². The minimum atomic E-state index is 0.0271. The summed E-state index contributed by atoms with van der Waals surface area (Å²) >= 11 is 1.49. The third-order valence-electron chi connectivity index (χ3n) is 4.81. The Bertz CT molecular complexity index is 1020. The van der Waals surface area contributed by atoms with Crippen LogP contribution in [0, 0.1) is 0 Å². The Morgan fingerprint density at radius 3 is 2.58 bits per heavy atom. The van der Waals surface area contributed by atoms with Gasteiger partial charge in [0.25, 0.3) is 0 Å². The van der Waals surface area contributed by atoms with Gasteiger partial charge >= 0.3 is 0 Å². The molecule has 0 spiro atoms. The quantitative estimate of drug-likeness (QED) is 0.592. The summed E-state index contributed by atoms with van der Waals surface area (Å²) in [6.45, 7) is 2.06. The molecule has 0 bridgehead atoms. The molecule has 1 atom stereocenters. The average Bonchev–Trinajstić information content (AvgIpc) is 3.43. The highest BCUT2D eigenvalue weighted by Crippen LogP contribution is 2.41. The van der Waals surface area contributed by atoms with Gasteiger partial charge in [-0.2, -0.15) is 9.50 Å². The molecule has 4 heterocycles. The maximum Gasteiger partial charge on any atom is 0.230 e. The highest BCUT2D eigenvalue weighted by molar-refractivity contribution is 7.17. The lowest BCUT2D eigenvalue weighted by Crippen LogP contribution is -2.26. The molecule has 26 heavy (non-hydrogen) atoms. The van der Waals surface area contributed by atoms with Crippen molar-refractivity contribution in [2.75, 3.05) is 13.1 Å². The minimum Gasteiger partial charge on any atom is -0.492 e. The van der Waals surface area contributed by atoms with Gasteiger partial charge in [0, 0.05) is 0 Å². The Labute approximate surface area is 154 Å². The van der Waals surface area contributed by atoms with Gasteiger partial charge in [-0.05, 0) is 43.6 Å². The summed E-state index contributed by atoms with van der Waals surface area (Å²) in [5.74, 6) is 1.25. The number of likely N-dealkylation sites (tertiary alicyclic amines) is 1. The van der Waals surface area contributed by atoms with Crippen LogP contribution in [0.25, 0.3) is 16.5 Å². The van der Waals surface area contributed by atoms with Crippen molar-refractivity contribution in [3.05, 3.63) is 59.2 Å². The predicted molar refractivity (Wildman–Crippen MR) is 99.3 cm³/mol. The molecule has 0 unspecified atom stereocenters. The number of benzene rings is 1. The minimum absolute atomic E-state index is 0.0271. The van der Waals surface area contributed by atoms with E-state index in [2.05, 4.69) is 27.1 Å². The molecule has 0 saturated carbocycles. The standard InChI is InChI=1S/C19H18N4O2S/c24-18-16(15(22-10-4-5-11-22)13-7-2-1-3-8-13)26-19-20-17(21-23(18)19)14-9-6-12-25-14/h1-3,6-9,12,15,24H,4-5,10-11H2/t15-/m1/s1. The van der Waals surface area contributed by atoms with Crippen LogP contribution in [0.2, 0.25) is 0 Å². The van der Waals surface area contributed by atoms with Gasteiger partial charge in [-0.1, -0.05) is 41.7 Å². The van der Waals surface area contributed by atoms with Gasteiger partial charge in [0.15, 0.2) is 5.76 Å². The summed E-state index contributed by atoms with van der Waals surface area (Å²) in [7, 11) is 0. The summed E-state index contributed by atoms with van der Waals surface area (Å²) in [5.41, 5.74) is 1.18. The van der Waals surface area contributed by atoms with Crippen LogP contribution in [-0.4, -0.2) is 37.7 Å². The van der Waals surface area contributed by atoms with Crippen molar-refractivity contribution in [3.63, 3.8) is 0 Å². The van der Waals surface area contributed by atoms with Crippen LogP contribution in [0.5, 0.6) is 5.88 Å². The van der Waals surface area contributed by atoms with E-state index >= 15 is 0 Å². The first-order valence-corrected chi connectivity index (χ1v) is 9.54. The summed E-state index contributed by atoms with van der Waals surface area (Å²) in [5, 5.41) is 15.3. The molecule has 7 heteroatoms. The molecule has 6 nitrogen and oxygen atoms in total. The van der Waals surface area contributed by atoms with Crippen molar-refractivity contribution in [3.8, 4) is 17.5 Å². The smallest absolute Gasteiger partial charge is 0.230 e. The maximum absolute atomic E-state index is 10.9. The van der Waals surface area contributed by atoms with Crippen LogP contribution in [0.1, 0.15) is 29.3 Å². The molecule has 3 aromatic heterocycles. The molecule has 4 aromatic rings. The van der Waals surface area contributed by atoms with Crippen LogP contribution >= 0.6 is 11.3 Å². The maximum atomic E-state index is 10.9. The lowest BCUT2D eigenvalue weighted by atomic mass is 10.0. The Kier molecular flexibility index (Phi) is 3.76. The topological polar surface area (TPSA) is 66.8 Å². The first-order valence-electron chi connectivity index (χ1n) is 8.72. The van der Waals surface area contributed by atoms with Gasteiger partial charge in [-0.25, -0.2) is 0 Å². The highest BCUT2D eigenvalue weighted by atomic mass is 32.1. The molecular weight excluding hydrogens is 348 g/mol. The van der Waals surface area contributed by atoms with Gasteiger partial charge < -0.3 is 9.52 Å². The second kappa shape index (κ2) is 6.26. The van der Waals surface area contributed by atoms with Crippen molar-refractivity contribution in [2.24, 2.45) is 0 Å². The molecular formula is C19H18N4O2S. The SMILES string of the molecule is Oc1c([C@@H](c2ccccc2)N2CCCC2)sc2nc(-c3ccco3)nn12. The number of fused-ring (bicyclic) bond motifs is 1. The van der Waals surface area contributed by atoms with E-state index in [4.69, 9.17) is 4.42 Å². The summed E-state index contributed by atoms with van der Waals surface area (Å²) < 4.78 is 6.88. The van der Waals surface area contributed by atoms with E-state index in [9.17, 15) is 5.11 Å². The van der Waals surface area contributed by atoms with E-state index in [0.29, 0.717) is 16.5 Å². The number of aromatic nitrogens is 3. The first kappa shape index (κ1) is 15.6. The van der Waals surface area contributed by atoms with Crippen molar-refractivity contribution in [1.29, 1.82) is 0 Å². The second-order valence-electron chi connectivity index (χ2n) is 6.45. The normalized spacial score (nSPS) is 16.5. The molecule has 0 radical (unpaired) electrons. The summed E-state index contributed by atoms with van der Waals surface area (Å²) in [6.07, 6.45) is 3.97. The molecule has 1 N–H and O–H groups in total. The molecule has 1 aliphatic heterocycles. The zero-order valence-electron chi connectivity index (χ0n) is 14.1. The lowest BCUT2D eigenvalue weighted by molar-refractivity contribution is 0.277. The number of hydrogen-bond acceptors (Lipinski definition) is 6. The molecule has 1 aromatic carbocycles. The van der Waals surface area contributed by atoms with Crippen LogP contribution in [0.15, 0.2) is 53.1 Å². The van der Waals surface area contributed by atoms with Crippen LogP contribution in [0.3, 0.4) is 0 Å². The molecule has 1 aliphatic rings. The Balaban J connectivity index is 1.61. The van der Waals surface area contributed by atoms with Crippen LogP contribution in [-0.2, 0) is 0 Å². The van der Waals surface area contributed by atoms with Gasteiger partial charge in [0.2, 0.25) is 16.7 Å². The van der Waals surface area contributed by atoms with Crippen molar-refractivity contribution in [2.45, 2.75) is 18.9 Å². The highest BCUT2D eigenvalue weighted by Gasteiger charge is 2.31. The zero-order chi connectivity index (χ0) is 17.5. The van der Waals surface area contributed by atoms with Crippen LogP contribution < -0.4 is 0 Å². The first-order chi connectivity index (χ1) is 12.8. The third-order valence-corrected chi connectivity index (χ3v) is 5.88. The lowest BCUT2D eigenvalue weighted by Gasteiger charge is -2.26. The Morgan fingerprint density at radius 2 is 1.88 bits per heavy atom. The number of thiazole rings is 1. The number of aromatic hydroxyl groups is 1. The number of hydrogen-bond donors (Lipinski definition) is 1. The number of rotatable bonds is 4. The predicted octanol–water partition coefficient (Wildman–Crippen LogP) is 3.94. The Hall–Kier alpha value is -2.64. The second-order valence-corrected chi connectivity index (χ2v) is 7.46. The fourth-order valence-corrected chi connectivity index (χ4v) is 4.72. The molecule has 0 amide bonds. The van der Waals surface area contributed by atoms with Gasteiger partial charge in [-0.3, -0.25) is 4.90 Å². The monoisotopic (exact) mass is 366 g/mol. The number of nitrogens with zero attached hydrogens (tertiary/aromatic N) is 4. The fourth-order valence-electron chi connectivity index (χ4n) is 3.60. The van der Waals surface area contributed by atoms with Crippen molar-refractivity contribution < 1.29 is 9.52 Å².